The van der Waals surface area contributed by atoms with Crippen LogP contribution in [0.15, 0.2) is 36.5 Å². The van der Waals surface area contributed by atoms with Gasteiger partial charge in [0.05, 0.1) is 29.9 Å². The first kappa shape index (κ1) is 24.2. The summed E-state index contributed by atoms with van der Waals surface area (Å²) in [6, 6.07) is 5.73. The molecule has 3 aliphatic rings. The lowest BCUT2D eigenvalue weighted by Gasteiger charge is -2.40. The number of nitrogens with zero attached hydrogens (tertiary/aromatic N) is 2. The van der Waals surface area contributed by atoms with Crippen molar-refractivity contribution < 1.29 is 40.6 Å². The Balaban J connectivity index is 1.36. The highest BCUT2D eigenvalue weighted by molar-refractivity contribution is 5.46. The lowest BCUT2D eigenvalue weighted by Crippen LogP contribution is -2.47. The van der Waals surface area contributed by atoms with Gasteiger partial charge in [0.15, 0.2) is 5.79 Å². The lowest BCUT2D eigenvalue weighted by atomic mass is 9.98. The van der Waals surface area contributed by atoms with Crippen LogP contribution in [0.4, 0.5) is 32.2 Å². The maximum absolute atomic E-state index is 13.4. The largest absolute Gasteiger partial charge is 0.490 e. The Morgan fingerprint density at radius 2 is 1.51 bits per heavy atom. The van der Waals surface area contributed by atoms with Gasteiger partial charge in [-0.25, -0.2) is 4.98 Å². The van der Waals surface area contributed by atoms with E-state index in [9.17, 15) is 26.3 Å². The second-order valence-corrected chi connectivity index (χ2v) is 9.26. The molecular formula is C24H24F6N2O3. The first-order valence-electron chi connectivity index (χ1n) is 11.4. The molecule has 3 atom stereocenters. The summed E-state index contributed by atoms with van der Waals surface area (Å²) in [5.74, 6) is -0.590. The highest BCUT2D eigenvalue weighted by Gasteiger charge is 2.44. The van der Waals surface area contributed by atoms with Crippen LogP contribution >= 0.6 is 0 Å². The Morgan fingerprint density at radius 1 is 0.914 bits per heavy atom. The van der Waals surface area contributed by atoms with Crippen molar-refractivity contribution in [1.29, 1.82) is 0 Å². The maximum Gasteiger partial charge on any atom is 0.417 e. The third kappa shape index (κ3) is 4.67. The van der Waals surface area contributed by atoms with Gasteiger partial charge in [-0.3, -0.25) is 0 Å². The Morgan fingerprint density at radius 3 is 2.06 bits per heavy atom. The van der Waals surface area contributed by atoms with Crippen molar-refractivity contribution >= 4 is 5.82 Å². The van der Waals surface area contributed by atoms with Crippen molar-refractivity contribution in [3.8, 4) is 5.75 Å². The first-order valence-corrected chi connectivity index (χ1v) is 11.4. The van der Waals surface area contributed by atoms with Gasteiger partial charge < -0.3 is 19.1 Å². The van der Waals surface area contributed by atoms with Gasteiger partial charge in [0.2, 0.25) is 0 Å². The van der Waals surface area contributed by atoms with E-state index >= 15 is 0 Å². The molecule has 11 heteroatoms. The molecule has 190 valence electrons. The van der Waals surface area contributed by atoms with Crippen LogP contribution in [0, 0.1) is 0 Å². The SMILES string of the molecule is CC1(c2cc(C(F)(F)F)ccc2O[C@H]2C[C@H]3CC[C@@H](C2)N3c2ccc(C(F)(F)F)cn2)OCCO1. The zero-order chi connectivity index (χ0) is 25.0. The Kier molecular flexibility index (Phi) is 5.90. The van der Waals surface area contributed by atoms with Crippen molar-refractivity contribution in [3.63, 3.8) is 0 Å². The van der Waals surface area contributed by atoms with E-state index in [-0.39, 0.29) is 42.7 Å². The van der Waals surface area contributed by atoms with E-state index in [0.717, 1.165) is 37.2 Å². The molecular weight excluding hydrogens is 478 g/mol. The van der Waals surface area contributed by atoms with Gasteiger partial charge >= 0.3 is 12.4 Å². The van der Waals surface area contributed by atoms with Crippen molar-refractivity contribution in [2.24, 2.45) is 0 Å². The van der Waals surface area contributed by atoms with Crippen molar-refractivity contribution in [3.05, 3.63) is 53.2 Å². The fourth-order valence-electron chi connectivity index (χ4n) is 5.32. The van der Waals surface area contributed by atoms with Crippen LogP contribution in [0.5, 0.6) is 5.75 Å². The second-order valence-electron chi connectivity index (χ2n) is 9.26. The third-order valence-corrected chi connectivity index (χ3v) is 6.96. The van der Waals surface area contributed by atoms with Crippen LogP contribution in [0.3, 0.4) is 0 Å². The molecule has 0 amide bonds. The number of anilines is 1. The first-order chi connectivity index (χ1) is 16.4. The average molecular weight is 502 g/mol. The van der Waals surface area contributed by atoms with Crippen molar-refractivity contribution in [1.82, 2.24) is 4.98 Å². The van der Waals surface area contributed by atoms with E-state index in [1.54, 1.807) is 6.92 Å². The molecule has 5 nitrogen and oxygen atoms in total. The van der Waals surface area contributed by atoms with Gasteiger partial charge in [-0.2, -0.15) is 26.3 Å². The number of aromatic nitrogens is 1. The lowest BCUT2D eigenvalue weighted by molar-refractivity contribution is -0.153. The fraction of sp³-hybridized carbons (Fsp3) is 0.542. The number of pyridine rings is 1. The molecule has 1 aromatic heterocycles. The summed E-state index contributed by atoms with van der Waals surface area (Å²) in [5, 5.41) is 0. The summed E-state index contributed by atoms with van der Waals surface area (Å²) in [6.45, 7) is 2.09. The fourth-order valence-corrected chi connectivity index (χ4v) is 5.32. The summed E-state index contributed by atoms with van der Waals surface area (Å²) in [5.41, 5.74) is -1.43. The number of benzene rings is 1. The van der Waals surface area contributed by atoms with Crippen LogP contribution in [0.2, 0.25) is 0 Å². The molecule has 0 spiro atoms. The van der Waals surface area contributed by atoms with E-state index in [2.05, 4.69) is 4.98 Å². The molecule has 0 N–H and O–H groups in total. The number of ether oxygens (including phenoxy) is 3. The molecule has 3 saturated heterocycles. The number of hydrogen-bond acceptors (Lipinski definition) is 5. The van der Waals surface area contributed by atoms with Crippen LogP contribution < -0.4 is 9.64 Å². The van der Waals surface area contributed by atoms with E-state index in [4.69, 9.17) is 14.2 Å². The molecule has 4 heterocycles. The summed E-state index contributed by atoms with van der Waals surface area (Å²) in [4.78, 5) is 6.09. The molecule has 2 bridgehead atoms. The van der Waals surface area contributed by atoms with Crippen LogP contribution in [-0.2, 0) is 27.6 Å². The highest BCUT2D eigenvalue weighted by Crippen LogP contribution is 2.44. The van der Waals surface area contributed by atoms with Crippen molar-refractivity contribution in [2.75, 3.05) is 18.1 Å². The Labute approximate surface area is 198 Å². The molecule has 2 aromatic rings. The molecule has 0 aliphatic carbocycles. The monoisotopic (exact) mass is 502 g/mol. The standard InChI is InChI=1S/C24H24F6N2O3/c1-22(33-8-9-34-22)19-10-14(23(25,26)27)2-6-20(19)35-18-11-16-4-5-17(12-18)32(16)21-7-3-15(13-31-21)24(28,29)30/h2-3,6-7,10,13,16-18H,4-5,8-9,11-12H2,1H3/t16-,17+,18+. The number of piperidine rings is 1. The van der Waals surface area contributed by atoms with Crippen LogP contribution in [0.25, 0.3) is 0 Å². The van der Waals surface area contributed by atoms with Crippen molar-refractivity contribution in [2.45, 2.75) is 68.9 Å². The van der Waals surface area contributed by atoms with Gasteiger partial charge in [-0.1, -0.05) is 0 Å². The summed E-state index contributed by atoms with van der Waals surface area (Å²) < 4.78 is 96.3. The zero-order valence-corrected chi connectivity index (χ0v) is 18.8. The quantitative estimate of drug-likeness (QED) is 0.486. The number of rotatable bonds is 4. The number of halogens is 6. The summed E-state index contributed by atoms with van der Waals surface area (Å²) >= 11 is 0. The number of alkyl halides is 6. The van der Waals surface area contributed by atoms with E-state index in [1.165, 1.54) is 12.1 Å². The minimum Gasteiger partial charge on any atom is -0.490 e. The topological polar surface area (TPSA) is 43.8 Å². The van der Waals surface area contributed by atoms with Gasteiger partial charge in [0.1, 0.15) is 17.7 Å². The Hall–Kier alpha value is -2.53. The summed E-state index contributed by atoms with van der Waals surface area (Å²) in [6.07, 6.45) is -5.62. The van der Waals surface area contributed by atoms with E-state index in [0.29, 0.717) is 18.7 Å². The minimum atomic E-state index is -4.53. The molecule has 5 rings (SSSR count). The normalized spacial score (nSPS) is 26.3. The molecule has 1 aromatic carbocycles. The smallest absolute Gasteiger partial charge is 0.417 e. The van der Waals surface area contributed by atoms with Crippen LogP contribution in [-0.4, -0.2) is 36.4 Å². The summed E-state index contributed by atoms with van der Waals surface area (Å²) in [7, 11) is 0. The van der Waals surface area contributed by atoms with E-state index in [1.807, 2.05) is 4.90 Å². The van der Waals surface area contributed by atoms with Crippen LogP contribution in [0.1, 0.15) is 49.3 Å². The molecule has 0 radical (unpaired) electrons. The average Bonchev–Trinajstić information content (AvgIpc) is 3.34. The molecule has 0 saturated carbocycles. The molecule has 35 heavy (non-hydrogen) atoms. The molecule has 3 fully saturated rings. The number of fused-ring (bicyclic) bond motifs is 2. The maximum atomic E-state index is 13.4. The van der Waals surface area contributed by atoms with Gasteiger partial charge in [0.25, 0.3) is 0 Å². The van der Waals surface area contributed by atoms with Gasteiger partial charge in [-0.05, 0) is 50.1 Å². The Bertz CT molecular complexity index is 1050. The van der Waals surface area contributed by atoms with Gasteiger partial charge in [0, 0.05) is 31.1 Å². The third-order valence-electron chi connectivity index (χ3n) is 6.96. The molecule has 0 unspecified atom stereocenters. The number of hydrogen-bond donors (Lipinski definition) is 0. The van der Waals surface area contributed by atoms with Gasteiger partial charge in [-0.15, -0.1) is 0 Å². The zero-order valence-electron chi connectivity index (χ0n) is 18.8. The van der Waals surface area contributed by atoms with E-state index < -0.39 is 29.3 Å². The molecule has 3 aliphatic heterocycles. The minimum absolute atomic E-state index is 0.00968. The second kappa shape index (κ2) is 8.55. The highest BCUT2D eigenvalue weighted by atomic mass is 19.4. The predicted molar refractivity (Wildman–Crippen MR) is 113 cm³/mol. The predicted octanol–water partition coefficient (Wildman–Crippen LogP) is 5.92.